The molecule has 0 aliphatic carbocycles. The number of nitrogens with one attached hydrogen (secondary N) is 1. The molecule has 0 atom stereocenters. The summed E-state index contributed by atoms with van der Waals surface area (Å²) in [5.41, 5.74) is -0.509. The molecule has 2 aromatic carbocycles. The lowest BCUT2D eigenvalue weighted by molar-refractivity contribution is -0.140. The van der Waals surface area contributed by atoms with Gasteiger partial charge in [0.2, 0.25) is 0 Å². The number of hydrogen-bond donors (Lipinski definition) is 2. The fourth-order valence-electron chi connectivity index (χ4n) is 2.98. The molecule has 0 unspecified atom stereocenters. The van der Waals surface area contributed by atoms with Crippen molar-refractivity contribution >= 4 is 38.8 Å². The van der Waals surface area contributed by atoms with Gasteiger partial charge in [0, 0.05) is 10.6 Å². The van der Waals surface area contributed by atoms with Gasteiger partial charge in [-0.05, 0) is 48.9 Å². The highest BCUT2D eigenvalue weighted by molar-refractivity contribution is 7.72. The first-order valence-corrected chi connectivity index (χ1v) is 11.7. The number of alkyl halides is 3. The van der Waals surface area contributed by atoms with Crippen LogP contribution in [-0.2, 0) is 23.4 Å². The van der Waals surface area contributed by atoms with Crippen LogP contribution in [0.15, 0.2) is 42.5 Å². The van der Waals surface area contributed by atoms with Gasteiger partial charge in [-0.1, -0.05) is 6.07 Å². The quantitative estimate of drug-likeness (QED) is 0.365. The highest BCUT2D eigenvalue weighted by Crippen LogP contribution is 2.35. The Kier molecular flexibility index (Phi) is 7.53. The number of carbonyl (C=O) groups excluding carboxylic acids is 1. The molecular weight excluding hydrogens is 496 g/mol. The Morgan fingerprint density at radius 1 is 1.21 bits per heavy atom. The molecular formula is C21H16F4N4O3S2. The maximum absolute atomic E-state index is 13.7. The standard InChI is InChI=1S/C21H16F4N4O3S2/c1-12-18(19(30)27-11-34(31)32)28-20(33-12)29(15-5-2-13(9-26)3-6-15)10-14-4-7-17(22)16(8-14)21(23,24)25/h2-8,34H,10-11H2,1H3,(H,27,30). The Morgan fingerprint density at radius 2 is 1.88 bits per heavy atom. The monoisotopic (exact) mass is 512 g/mol. The van der Waals surface area contributed by atoms with Gasteiger partial charge in [0.15, 0.2) is 15.8 Å². The minimum atomic E-state index is -4.88. The zero-order valence-corrected chi connectivity index (χ0v) is 19.1. The Balaban J connectivity index is 2.03. The lowest BCUT2D eigenvalue weighted by atomic mass is 10.1. The third-order valence-corrected chi connectivity index (χ3v) is 6.00. The van der Waals surface area contributed by atoms with Gasteiger partial charge >= 0.3 is 6.18 Å². The summed E-state index contributed by atoms with van der Waals surface area (Å²) in [6.07, 6.45) is -4.88. The van der Waals surface area contributed by atoms with E-state index in [2.05, 4.69) is 10.3 Å². The molecule has 0 spiro atoms. The topological polar surface area (TPSA) is 103 Å². The molecule has 0 radical (unpaired) electrons. The molecule has 34 heavy (non-hydrogen) atoms. The van der Waals surface area contributed by atoms with Crippen LogP contribution in [0.5, 0.6) is 0 Å². The number of aromatic nitrogens is 1. The van der Waals surface area contributed by atoms with E-state index in [0.717, 1.165) is 17.4 Å². The number of halogens is 4. The average Bonchev–Trinajstić information content (AvgIpc) is 3.17. The van der Waals surface area contributed by atoms with E-state index in [-0.39, 0.29) is 22.9 Å². The summed E-state index contributed by atoms with van der Waals surface area (Å²) < 4.78 is 74.8. The van der Waals surface area contributed by atoms with Crippen molar-refractivity contribution in [3.63, 3.8) is 0 Å². The number of carbonyl (C=O) groups is 1. The van der Waals surface area contributed by atoms with Crippen molar-refractivity contribution in [2.45, 2.75) is 19.6 Å². The second kappa shape index (κ2) is 10.2. The fraction of sp³-hybridized carbons (Fsp3) is 0.190. The molecule has 1 amide bonds. The first kappa shape index (κ1) is 25.1. The van der Waals surface area contributed by atoms with Crippen molar-refractivity contribution in [3.05, 3.63) is 75.5 Å². The first-order chi connectivity index (χ1) is 16.0. The Bertz CT molecular complexity index is 1320. The number of amides is 1. The number of nitriles is 1. The molecule has 0 saturated heterocycles. The number of aryl methyl sites for hydroxylation is 1. The van der Waals surface area contributed by atoms with E-state index in [4.69, 9.17) is 5.26 Å². The Labute approximate surface area is 197 Å². The molecule has 3 aromatic rings. The van der Waals surface area contributed by atoms with E-state index in [0.29, 0.717) is 22.2 Å². The molecule has 178 valence electrons. The molecule has 3 rings (SSSR count). The molecule has 1 aromatic heterocycles. The molecule has 0 bridgehead atoms. The van der Waals surface area contributed by atoms with Crippen LogP contribution in [0.1, 0.15) is 32.1 Å². The Morgan fingerprint density at radius 3 is 2.47 bits per heavy atom. The van der Waals surface area contributed by atoms with Crippen molar-refractivity contribution in [2.24, 2.45) is 0 Å². The molecule has 0 aliphatic heterocycles. The lowest BCUT2D eigenvalue weighted by Gasteiger charge is -2.23. The van der Waals surface area contributed by atoms with Gasteiger partial charge in [0.25, 0.3) is 5.91 Å². The molecule has 1 N–H and O–H groups in total. The highest BCUT2D eigenvalue weighted by Gasteiger charge is 2.34. The van der Waals surface area contributed by atoms with Crippen molar-refractivity contribution < 1.29 is 30.8 Å². The smallest absolute Gasteiger partial charge is 0.337 e. The maximum Gasteiger partial charge on any atom is 0.419 e. The van der Waals surface area contributed by atoms with Crippen LogP contribution >= 0.6 is 11.3 Å². The van der Waals surface area contributed by atoms with E-state index in [1.165, 1.54) is 23.1 Å². The Hall–Kier alpha value is -3.50. The predicted octanol–water partition coefficient (Wildman–Crippen LogP) is 4.12. The van der Waals surface area contributed by atoms with Crippen molar-refractivity contribution in [1.82, 2.24) is 10.3 Å². The van der Waals surface area contributed by atoms with Gasteiger partial charge in [-0.3, -0.25) is 4.79 Å². The summed E-state index contributed by atoms with van der Waals surface area (Å²) in [6.45, 7) is 1.43. The first-order valence-electron chi connectivity index (χ1n) is 9.50. The largest absolute Gasteiger partial charge is 0.419 e. The van der Waals surface area contributed by atoms with Crippen LogP contribution in [0, 0.1) is 24.1 Å². The van der Waals surface area contributed by atoms with Crippen LogP contribution in [0.25, 0.3) is 0 Å². The SMILES string of the molecule is Cc1sc(N(Cc2ccc(F)c(C(F)(F)F)c2)c2ccc(C#N)cc2)nc1C(=O)NC[SH](=O)=O. The van der Waals surface area contributed by atoms with Gasteiger partial charge in [-0.25, -0.2) is 17.8 Å². The molecule has 13 heteroatoms. The van der Waals surface area contributed by atoms with Crippen LogP contribution in [0.4, 0.5) is 28.4 Å². The summed E-state index contributed by atoms with van der Waals surface area (Å²) in [6, 6.07) is 10.7. The second-order valence-electron chi connectivity index (χ2n) is 6.95. The number of nitrogens with zero attached hydrogens (tertiary/aromatic N) is 3. The molecule has 0 saturated carbocycles. The van der Waals surface area contributed by atoms with Crippen molar-refractivity contribution in [1.29, 1.82) is 5.26 Å². The van der Waals surface area contributed by atoms with E-state index < -0.39 is 40.0 Å². The minimum Gasteiger partial charge on any atom is -0.337 e. The minimum absolute atomic E-state index is 0.0365. The highest BCUT2D eigenvalue weighted by atomic mass is 32.2. The second-order valence-corrected chi connectivity index (χ2v) is 9.12. The molecule has 0 fully saturated rings. The third-order valence-electron chi connectivity index (χ3n) is 4.58. The third kappa shape index (κ3) is 5.89. The zero-order valence-electron chi connectivity index (χ0n) is 17.4. The van der Waals surface area contributed by atoms with Gasteiger partial charge in [0.05, 0.1) is 23.7 Å². The predicted molar refractivity (Wildman–Crippen MR) is 118 cm³/mol. The van der Waals surface area contributed by atoms with Gasteiger partial charge < -0.3 is 10.2 Å². The van der Waals surface area contributed by atoms with E-state index in [9.17, 15) is 30.8 Å². The number of thiol groups is 1. The lowest BCUT2D eigenvalue weighted by Crippen LogP contribution is -2.26. The molecule has 1 heterocycles. The molecule has 0 aliphatic rings. The number of rotatable bonds is 7. The zero-order chi connectivity index (χ0) is 25.0. The summed E-state index contributed by atoms with van der Waals surface area (Å²) >= 11 is 1.06. The van der Waals surface area contributed by atoms with Gasteiger partial charge in [0.1, 0.15) is 17.4 Å². The van der Waals surface area contributed by atoms with Crippen LogP contribution < -0.4 is 10.2 Å². The number of benzene rings is 2. The number of hydrogen-bond acceptors (Lipinski definition) is 7. The van der Waals surface area contributed by atoms with Gasteiger partial charge in [-0.2, -0.15) is 18.4 Å². The van der Waals surface area contributed by atoms with Crippen LogP contribution in [-0.4, -0.2) is 25.2 Å². The van der Waals surface area contributed by atoms with E-state index in [1.807, 2.05) is 6.07 Å². The van der Waals surface area contributed by atoms with Crippen LogP contribution in [0.2, 0.25) is 0 Å². The maximum atomic E-state index is 13.7. The van der Waals surface area contributed by atoms with Crippen LogP contribution in [0.3, 0.4) is 0 Å². The van der Waals surface area contributed by atoms with Crippen molar-refractivity contribution in [2.75, 3.05) is 10.8 Å². The summed E-state index contributed by atoms with van der Waals surface area (Å²) in [5.74, 6) is -2.70. The normalized spacial score (nSPS) is 11.3. The van der Waals surface area contributed by atoms with E-state index >= 15 is 0 Å². The number of anilines is 2. The summed E-state index contributed by atoms with van der Waals surface area (Å²) in [5, 5.41) is 11.5. The fourth-order valence-corrected chi connectivity index (χ4v) is 4.18. The van der Waals surface area contributed by atoms with E-state index in [1.54, 1.807) is 19.1 Å². The van der Waals surface area contributed by atoms with Crippen molar-refractivity contribution in [3.8, 4) is 6.07 Å². The average molecular weight is 513 g/mol. The van der Waals surface area contributed by atoms with Gasteiger partial charge in [-0.15, -0.1) is 11.3 Å². The molecule has 7 nitrogen and oxygen atoms in total. The summed E-state index contributed by atoms with van der Waals surface area (Å²) in [7, 11) is -2.84. The summed E-state index contributed by atoms with van der Waals surface area (Å²) in [4.78, 5) is 18.5. The number of thiazole rings is 1.